The summed E-state index contributed by atoms with van der Waals surface area (Å²) in [6.45, 7) is 2.56. The Labute approximate surface area is 159 Å². The molecule has 7 heteroatoms. The minimum absolute atomic E-state index is 0.105. The van der Waals surface area contributed by atoms with Gasteiger partial charge in [0.1, 0.15) is 0 Å². The third-order valence-corrected chi connectivity index (χ3v) is 3.85. The number of hydrogen-bond acceptors (Lipinski definition) is 4. The van der Waals surface area contributed by atoms with Crippen molar-refractivity contribution in [3.63, 3.8) is 0 Å². The van der Waals surface area contributed by atoms with E-state index in [1.54, 1.807) is 14.2 Å². The van der Waals surface area contributed by atoms with E-state index < -0.39 is 0 Å². The Morgan fingerprint density at radius 2 is 1.85 bits per heavy atom. The lowest BCUT2D eigenvalue weighted by atomic mass is 10.1. The van der Waals surface area contributed by atoms with Crippen LogP contribution in [0.15, 0.2) is 47.5 Å². The lowest BCUT2D eigenvalue weighted by Gasteiger charge is -2.10. The quantitative estimate of drug-likeness (QED) is 0.489. The molecule has 0 unspecified atom stereocenters. The number of aliphatic imine (C=N–C) groups is 1. The fourth-order valence-electron chi connectivity index (χ4n) is 2.55. The third kappa shape index (κ3) is 6.54. The van der Waals surface area contributed by atoms with Gasteiger partial charge in [-0.3, -0.25) is 4.79 Å². The van der Waals surface area contributed by atoms with Gasteiger partial charge < -0.3 is 25.8 Å². The summed E-state index contributed by atoms with van der Waals surface area (Å²) in [6.07, 6.45) is 0.772. The zero-order valence-corrected chi connectivity index (χ0v) is 15.9. The number of anilines is 1. The van der Waals surface area contributed by atoms with E-state index in [4.69, 9.17) is 15.2 Å². The summed E-state index contributed by atoms with van der Waals surface area (Å²) < 4.78 is 10.5. The number of rotatable bonds is 8. The molecular formula is C20H26N4O3. The molecule has 1 amide bonds. The Morgan fingerprint density at radius 3 is 2.56 bits per heavy atom. The van der Waals surface area contributed by atoms with E-state index in [-0.39, 0.29) is 5.91 Å². The molecule has 7 nitrogen and oxygen atoms in total. The minimum atomic E-state index is -0.105. The standard InChI is InChI=1S/C20H26N4O3/c1-14(25)24-17-6-4-5-16(11-17)13-23-20(21)22-10-9-15-7-8-18(26-2)19(12-15)27-3/h4-8,11-12H,9-10,13H2,1-3H3,(H,24,25)(H3,21,22,23). The second kappa shape index (κ2) is 10.1. The Morgan fingerprint density at radius 1 is 1.07 bits per heavy atom. The summed E-state index contributed by atoms with van der Waals surface area (Å²) >= 11 is 0. The maximum atomic E-state index is 11.1. The summed E-state index contributed by atoms with van der Waals surface area (Å²) in [4.78, 5) is 15.5. The number of guanidine groups is 1. The van der Waals surface area contributed by atoms with E-state index in [1.807, 2.05) is 42.5 Å². The molecule has 0 atom stereocenters. The topological polar surface area (TPSA) is 98.0 Å². The lowest BCUT2D eigenvalue weighted by molar-refractivity contribution is -0.114. The highest BCUT2D eigenvalue weighted by Gasteiger charge is 2.04. The van der Waals surface area contributed by atoms with Gasteiger partial charge in [-0.1, -0.05) is 18.2 Å². The zero-order valence-electron chi connectivity index (χ0n) is 15.9. The molecule has 0 aliphatic rings. The van der Waals surface area contributed by atoms with Crippen molar-refractivity contribution < 1.29 is 14.3 Å². The highest BCUT2D eigenvalue weighted by atomic mass is 16.5. The van der Waals surface area contributed by atoms with Crippen LogP contribution in [0, 0.1) is 0 Å². The fraction of sp³-hybridized carbons (Fsp3) is 0.300. The minimum Gasteiger partial charge on any atom is -0.493 e. The van der Waals surface area contributed by atoms with Crippen molar-refractivity contribution in [1.29, 1.82) is 0 Å². The van der Waals surface area contributed by atoms with E-state index in [9.17, 15) is 4.79 Å². The first kappa shape index (κ1) is 20.1. The van der Waals surface area contributed by atoms with Gasteiger partial charge in [-0.2, -0.15) is 0 Å². The highest BCUT2D eigenvalue weighted by Crippen LogP contribution is 2.27. The van der Waals surface area contributed by atoms with E-state index >= 15 is 0 Å². The van der Waals surface area contributed by atoms with Gasteiger partial charge in [-0.25, -0.2) is 4.99 Å². The summed E-state index contributed by atoms with van der Waals surface area (Å²) in [6, 6.07) is 13.3. The van der Waals surface area contributed by atoms with E-state index in [0.29, 0.717) is 30.5 Å². The molecule has 2 aromatic rings. The molecule has 0 saturated heterocycles. The van der Waals surface area contributed by atoms with Gasteiger partial charge in [0.2, 0.25) is 5.91 Å². The predicted molar refractivity (Wildman–Crippen MR) is 107 cm³/mol. The van der Waals surface area contributed by atoms with E-state index in [0.717, 1.165) is 23.2 Å². The zero-order chi connectivity index (χ0) is 19.6. The molecule has 0 aliphatic carbocycles. The molecular weight excluding hydrogens is 344 g/mol. The number of nitrogens with zero attached hydrogens (tertiary/aromatic N) is 1. The molecule has 4 N–H and O–H groups in total. The van der Waals surface area contributed by atoms with Crippen molar-refractivity contribution in [2.45, 2.75) is 19.9 Å². The average molecular weight is 370 g/mol. The number of nitrogens with one attached hydrogen (secondary N) is 2. The molecule has 0 spiro atoms. The molecule has 0 bridgehead atoms. The van der Waals surface area contributed by atoms with Crippen molar-refractivity contribution in [3.8, 4) is 11.5 Å². The number of ether oxygens (including phenoxy) is 2. The number of methoxy groups -OCH3 is 2. The Bertz CT molecular complexity index is 806. The van der Waals surface area contributed by atoms with Crippen molar-refractivity contribution in [2.24, 2.45) is 10.7 Å². The van der Waals surface area contributed by atoms with Gasteiger partial charge in [-0.05, 0) is 41.8 Å². The number of nitrogens with two attached hydrogens (primary N) is 1. The molecule has 2 aromatic carbocycles. The van der Waals surface area contributed by atoms with Crippen LogP contribution in [0.2, 0.25) is 0 Å². The first-order valence-electron chi connectivity index (χ1n) is 8.63. The maximum absolute atomic E-state index is 11.1. The molecule has 0 aromatic heterocycles. The van der Waals surface area contributed by atoms with Gasteiger partial charge >= 0.3 is 0 Å². The Balaban J connectivity index is 1.85. The molecule has 2 rings (SSSR count). The second-order valence-electron chi connectivity index (χ2n) is 5.95. The first-order valence-corrected chi connectivity index (χ1v) is 8.63. The SMILES string of the molecule is COc1ccc(CCNC(N)=NCc2cccc(NC(C)=O)c2)cc1OC. The molecule has 0 saturated carbocycles. The van der Waals surface area contributed by atoms with Crippen LogP contribution >= 0.6 is 0 Å². The Hall–Kier alpha value is -3.22. The van der Waals surface area contributed by atoms with Crippen LogP contribution in [0.5, 0.6) is 11.5 Å². The van der Waals surface area contributed by atoms with Gasteiger partial charge in [0, 0.05) is 19.2 Å². The van der Waals surface area contributed by atoms with Crippen LogP contribution < -0.4 is 25.8 Å². The van der Waals surface area contributed by atoms with Gasteiger partial charge in [-0.15, -0.1) is 0 Å². The van der Waals surface area contributed by atoms with Gasteiger partial charge in [0.05, 0.1) is 20.8 Å². The maximum Gasteiger partial charge on any atom is 0.221 e. The molecule has 0 aliphatic heterocycles. The summed E-state index contributed by atoms with van der Waals surface area (Å²) in [5.74, 6) is 1.68. The third-order valence-electron chi connectivity index (χ3n) is 3.85. The van der Waals surface area contributed by atoms with E-state index in [2.05, 4.69) is 15.6 Å². The monoisotopic (exact) mass is 370 g/mol. The predicted octanol–water partition coefficient (Wildman–Crippen LogP) is 2.31. The fourth-order valence-corrected chi connectivity index (χ4v) is 2.55. The summed E-state index contributed by atoms with van der Waals surface area (Å²) in [7, 11) is 3.23. The number of carbonyl (C=O) groups excluding carboxylic acids is 1. The molecule has 27 heavy (non-hydrogen) atoms. The number of amides is 1. The second-order valence-corrected chi connectivity index (χ2v) is 5.95. The number of benzene rings is 2. The largest absolute Gasteiger partial charge is 0.493 e. The molecule has 0 heterocycles. The number of hydrogen-bond donors (Lipinski definition) is 3. The van der Waals surface area contributed by atoms with Crippen molar-refractivity contribution in [3.05, 3.63) is 53.6 Å². The average Bonchev–Trinajstić information content (AvgIpc) is 2.66. The highest BCUT2D eigenvalue weighted by molar-refractivity contribution is 5.88. The van der Waals surface area contributed by atoms with Crippen molar-refractivity contribution in [1.82, 2.24) is 5.32 Å². The van der Waals surface area contributed by atoms with Crippen LogP contribution in [0.3, 0.4) is 0 Å². The van der Waals surface area contributed by atoms with Crippen molar-refractivity contribution in [2.75, 3.05) is 26.1 Å². The summed E-state index contributed by atoms with van der Waals surface area (Å²) in [5, 5.41) is 5.85. The van der Waals surface area contributed by atoms with Crippen LogP contribution in [-0.2, 0) is 17.8 Å². The number of carbonyl (C=O) groups is 1. The van der Waals surface area contributed by atoms with Crippen LogP contribution in [0.1, 0.15) is 18.1 Å². The first-order chi connectivity index (χ1) is 13.0. The smallest absolute Gasteiger partial charge is 0.221 e. The molecule has 0 fully saturated rings. The van der Waals surface area contributed by atoms with Crippen molar-refractivity contribution >= 4 is 17.6 Å². The van der Waals surface area contributed by atoms with Gasteiger partial charge in [0.15, 0.2) is 17.5 Å². The van der Waals surface area contributed by atoms with Crippen LogP contribution in [-0.4, -0.2) is 32.6 Å². The normalized spacial score (nSPS) is 11.0. The van der Waals surface area contributed by atoms with Crippen LogP contribution in [0.4, 0.5) is 5.69 Å². The Kier molecular flexibility index (Phi) is 7.49. The molecule has 144 valence electrons. The van der Waals surface area contributed by atoms with Crippen LogP contribution in [0.25, 0.3) is 0 Å². The van der Waals surface area contributed by atoms with E-state index in [1.165, 1.54) is 6.92 Å². The molecule has 0 radical (unpaired) electrons. The summed E-state index contributed by atoms with van der Waals surface area (Å²) in [5.41, 5.74) is 8.75. The van der Waals surface area contributed by atoms with Gasteiger partial charge in [0.25, 0.3) is 0 Å². The lowest BCUT2D eigenvalue weighted by Crippen LogP contribution is -2.33.